The Morgan fingerprint density at radius 3 is 2.60 bits per heavy atom. The average molecular weight is 212 g/mol. The number of hydrogen-bond donors (Lipinski definition) is 1. The van der Waals surface area contributed by atoms with Crippen LogP contribution >= 0.6 is 0 Å². The van der Waals surface area contributed by atoms with E-state index in [0.717, 1.165) is 12.6 Å². The molecular formula is C13H28N2. The third kappa shape index (κ3) is 5.53. The first kappa shape index (κ1) is 13.0. The van der Waals surface area contributed by atoms with Crippen molar-refractivity contribution in [1.82, 2.24) is 10.2 Å². The summed E-state index contributed by atoms with van der Waals surface area (Å²) in [6, 6.07) is 0.813. The van der Waals surface area contributed by atoms with Gasteiger partial charge in [0.15, 0.2) is 0 Å². The van der Waals surface area contributed by atoms with Gasteiger partial charge in [0.2, 0.25) is 0 Å². The fourth-order valence-corrected chi connectivity index (χ4v) is 2.24. The lowest BCUT2D eigenvalue weighted by Gasteiger charge is -2.33. The van der Waals surface area contributed by atoms with Crippen molar-refractivity contribution in [2.45, 2.75) is 65.0 Å². The highest BCUT2D eigenvalue weighted by Crippen LogP contribution is 2.16. The molecule has 2 nitrogen and oxygen atoms in total. The van der Waals surface area contributed by atoms with Gasteiger partial charge < -0.3 is 10.2 Å². The highest BCUT2D eigenvalue weighted by Gasteiger charge is 2.17. The normalized spacial score (nSPS) is 24.4. The second-order valence-electron chi connectivity index (χ2n) is 5.91. The zero-order valence-corrected chi connectivity index (χ0v) is 11.0. The molecule has 1 aliphatic heterocycles. The van der Waals surface area contributed by atoms with Gasteiger partial charge in [-0.05, 0) is 66.6 Å². The lowest BCUT2D eigenvalue weighted by Crippen LogP contribution is -2.41. The fourth-order valence-electron chi connectivity index (χ4n) is 2.24. The molecule has 0 aromatic carbocycles. The Labute approximate surface area is 95.4 Å². The van der Waals surface area contributed by atoms with Crippen LogP contribution in [-0.2, 0) is 0 Å². The van der Waals surface area contributed by atoms with Crippen LogP contribution in [0.1, 0.15) is 53.4 Å². The van der Waals surface area contributed by atoms with Crippen molar-refractivity contribution in [3.8, 4) is 0 Å². The monoisotopic (exact) mass is 212 g/mol. The number of piperidine rings is 1. The van der Waals surface area contributed by atoms with Crippen molar-refractivity contribution < 1.29 is 0 Å². The number of nitrogens with zero attached hydrogens (tertiary/aromatic N) is 1. The summed E-state index contributed by atoms with van der Waals surface area (Å²) in [4.78, 5) is 2.65. The highest BCUT2D eigenvalue weighted by molar-refractivity contribution is 4.74. The molecule has 0 aromatic heterocycles. The molecule has 0 bridgehead atoms. The van der Waals surface area contributed by atoms with Gasteiger partial charge in [0.05, 0.1) is 0 Å². The zero-order chi connectivity index (χ0) is 11.3. The number of rotatable bonds is 4. The Morgan fingerprint density at radius 2 is 2.00 bits per heavy atom. The number of likely N-dealkylation sites (tertiary alicyclic amines) is 1. The lowest BCUT2D eigenvalue weighted by molar-refractivity contribution is 0.157. The van der Waals surface area contributed by atoms with Crippen LogP contribution in [0.25, 0.3) is 0 Å². The van der Waals surface area contributed by atoms with Gasteiger partial charge in [-0.1, -0.05) is 6.42 Å². The van der Waals surface area contributed by atoms with E-state index < -0.39 is 0 Å². The molecule has 1 N–H and O–H groups in total. The Balaban J connectivity index is 2.08. The molecule has 0 amide bonds. The van der Waals surface area contributed by atoms with Crippen LogP contribution < -0.4 is 5.32 Å². The molecule has 1 fully saturated rings. The quantitative estimate of drug-likeness (QED) is 0.721. The minimum Gasteiger partial charge on any atom is -0.312 e. The van der Waals surface area contributed by atoms with Gasteiger partial charge in [0.25, 0.3) is 0 Å². The Morgan fingerprint density at radius 1 is 1.27 bits per heavy atom. The molecule has 1 unspecified atom stereocenters. The summed E-state index contributed by atoms with van der Waals surface area (Å²) in [7, 11) is 0. The molecule has 0 radical (unpaired) electrons. The van der Waals surface area contributed by atoms with Crippen LogP contribution in [-0.4, -0.2) is 36.1 Å². The first-order valence-electron chi connectivity index (χ1n) is 6.48. The molecule has 1 atom stereocenters. The molecule has 0 saturated carbocycles. The predicted molar refractivity (Wildman–Crippen MR) is 67.3 cm³/mol. The van der Waals surface area contributed by atoms with Crippen molar-refractivity contribution >= 4 is 0 Å². The van der Waals surface area contributed by atoms with Gasteiger partial charge >= 0.3 is 0 Å². The summed E-state index contributed by atoms with van der Waals surface area (Å²) in [5.41, 5.74) is 0.271. The van der Waals surface area contributed by atoms with Gasteiger partial charge in [-0.15, -0.1) is 0 Å². The SMILES string of the molecule is CC1CCCCN1CCCNC(C)(C)C. The van der Waals surface area contributed by atoms with Gasteiger partial charge in [-0.25, -0.2) is 0 Å². The molecular weight excluding hydrogens is 184 g/mol. The van der Waals surface area contributed by atoms with E-state index in [2.05, 4.69) is 37.9 Å². The molecule has 1 aliphatic rings. The second-order valence-corrected chi connectivity index (χ2v) is 5.91. The molecule has 0 spiro atoms. The largest absolute Gasteiger partial charge is 0.312 e. The predicted octanol–water partition coefficient (Wildman–Crippen LogP) is 2.64. The minimum atomic E-state index is 0.271. The lowest BCUT2D eigenvalue weighted by atomic mass is 10.0. The first-order chi connectivity index (χ1) is 6.99. The van der Waals surface area contributed by atoms with E-state index in [4.69, 9.17) is 0 Å². The fraction of sp³-hybridized carbons (Fsp3) is 1.00. The molecule has 0 aromatic rings. The van der Waals surface area contributed by atoms with Crippen molar-refractivity contribution in [3.05, 3.63) is 0 Å². The number of nitrogens with one attached hydrogen (secondary N) is 1. The first-order valence-corrected chi connectivity index (χ1v) is 6.48. The van der Waals surface area contributed by atoms with Crippen LogP contribution in [0.5, 0.6) is 0 Å². The van der Waals surface area contributed by atoms with E-state index in [0.29, 0.717) is 0 Å². The topological polar surface area (TPSA) is 15.3 Å². The van der Waals surface area contributed by atoms with Crippen molar-refractivity contribution in [3.63, 3.8) is 0 Å². The third-order valence-electron chi connectivity index (χ3n) is 3.22. The van der Waals surface area contributed by atoms with Gasteiger partial charge in [0, 0.05) is 11.6 Å². The van der Waals surface area contributed by atoms with E-state index in [1.165, 1.54) is 38.8 Å². The molecule has 15 heavy (non-hydrogen) atoms. The Hall–Kier alpha value is -0.0800. The van der Waals surface area contributed by atoms with Gasteiger partial charge in [-0.2, -0.15) is 0 Å². The van der Waals surface area contributed by atoms with Crippen molar-refractivity contribution in [2.24, 2.45) is 0 Å². The maximum atomic E-state index is 3.55. The van der Waals surface area contributed by atoms with Crippen molar-refractivity contribution in [1.29, 1.82) is 0 Å². The Kier molecular flexibility index (Phi) is 5.07. The van der Waals surface area contributed by atoms with Gasteiger partial charge in [-0.3, -0.25) is 0 Å². The smallest absolute Gasteiger partial charge is 0.00965 e. The summed E-state index contributed by atoms with van der Waals surface area (Å²) < 4.78 is 0. The molecule has 2 heteroatoms. The van der Waals surface area contributed by atoms with E-state index in [1.54, 1.807) is 0 Å². The molecule has 1 heterocycles. The van der Waals surface area contributed by atoms with E-state index >= 15 is 0 Å². The summed E-state index contributed by atoms with van der Waals surface area (Å²) >= 11 is 0. The number of hydrogen-bond acceptors (Lipinski definition) is 2. The average Bonchev–Trinajstić information content (AvgIpc) is 2.13. The summed E-state index contributed by atoms with van der Waals surface area (Å²) in [5.74, 6) is 0. The molecule has 90 valence electrons. The van der Waals surface area contributed by atoms with Crippen LogP contribution in [0.15, 0.2) is 0 Å². The van der Waals surface area contributed by atoms with Gasteiger partial charge in [0.1, 0.15) is 0 Å². The second kappa shape index (κ2) is 5.86. The molecule has 1 saturated heterocycles. The maximum Gasteiger partial charge on any atom is 0.00965 e. The van der Waals surface area contributed by atoms with Crippen LogP contribution in [0.2, 0.25) is 0 Å². The van der Waals surface area contributed by atoms with E-state index in [-0.39, 0.29) is 5.54 Å². The van der Waals surface area contributed by atoms with Crippen LogP contribution in [0, 0.1) is 0 Å². The summed E-state index contributed by atoms with van der Waals surface area (Å²) in [6.45, 7) is 12.8. The maximum absolute atomic E-state index is 3.55. The molecule has 0 aliphatic carbocycles. The molecule has 1 rings (SSSR count). The zero-order valence-electron chi connectivity index (χ0n) is 11.0. The highest BCUT2D eigenvalue weighted by atomic mass is 15.2. The summed E-state index contributed by atoms with van der Waals surface area (Å²) in [5, 5.41) is 3.55. The van der Waals surface area contributed by atoms with Crippen LogP contribution in [0.3, 0.4) is 0 Å². The Bertz CT molecular complexity index is 172. The van der Waals surface area contributed by atoms with E-state index in [1.807, 2.05) is 0 Å². The van der Waals surface area contributed by atoms with Crippen molar-refractivity contribution in [2.75, 3.05) is 19.6 Å². The standard InChI is InChI=1S/C13H28N2/c1-12-8-5-6-10-15(12)11-7-9-14-13(2,3)4/h12,14H,5-11H2,1-4H3. The summed E-state index contributed by atoms with van der Waals surface area (Å²) in [6.07, 6.45) is 5.50. The van der Waals surface area contributed by atoms with Crippen LogP contribution in [0.4, 0.5) is 0 Å². The minimum absolute atomic E-state index is 0.271. The van der Waals surface area contributed by atoms with E-state index in [9.17, 15) is 0 Å². The third-order valence-corrected chi connectivity index (χ3v) is 3.22.